The Balaban J connectivity index is 2.10. The van der Waals surface area contributed by atoms with Crippen molar-refractivity contribution in [2.75, 3.05) is 5.32 Å². The largest absolute Gasteiger partial charge is 0.381 e. The van der Waals surface area contributed by atoms with Crippen LogP contribution in [0.25, 0.3) is 0 Å². The zero-order valence-electron chi connectivity index (χ0n) is 9.63. The molecule has 0 amide bonds. The predicted octanol–water partition coefficient (Wildman–Crippen LogP) is 2.08. The van der Waals surface area contributed by atoms with Crippen LogP contribution in [-0.2, 0) is 13.6 Å². The summed E-state index contributed by atoms with van der Waals surface area (Å²) in [5, 5.41) is 17.5. The Bertz CT molecular complexity index is 582. The molecule has 0 atom stereocenters. The molecule has 1 aromatic heterocycles. The normalized spacial score (nSPS) is 10.3. The Morgan fingerprint density at radius 2 is 2.33 bits per heavy atom. The number of nitro benzene ring substituents is 1. The van der Waals surface area contributed by atoms with Crippen LogP contribution in [0.4, 0.5) is 15.8 Å². The maximum Gasteiger partial charge on any atom is 0.306 e. The van der Waals surface area contributed by atoms with Crippen LogP contribution in [0.1, 0.15) is 5.56 Å². The average molecular weight is 250 g/mol. The summed E-state index contributed by atoms with van der Waals surface area (Å²) in [5.41, 5.74) is 0.891. The highest BCUT2D eigenvalue weighted by molar-refractivity contribution is 5.51. The van der Waals surface area contributed by atoms with Gasteiger partial charge in [-0.1, -0.05) is 0 Å². The van der Waals surface area contributed by atoms with Crippen molar-refractivity contribution in [2.24, 2.45) is 7.05 Å². The molecule has 0 aliphatic rings. The van der Waals surface area contributed by atoms with Gasteiger partial charge in [0.1, 0.15) is 0 Å². The van der Waals surface area contributed by atoms with Crippen LogP contribution in [0.5, 0.6) is 0 Å². The van der Waals surface area contributed by atoms with Gasteiger partial charge in [-0.05, 0) is 12.1 Å². The maximum absolute atomic E-state index is 13.1. The molecule has 0 aliphatic carbocycles. The second kappa shape index (κ2) is 4.82. The fourth-order valence-corrected chi connectivity index (χ4v) is 1.53. The molecule has 1 heterocycles. The third-order valence-electron chi connectivity index (χ3n) is 2.40. The summed E-state index contributed by atoms with van der Waals surface area (Å²) < 4.78 is 14.8. The van der Waals surface area contributed by atoms with E-state index in [1.165, 1.54) is 12.1 Å². The van der Waals surface area contributed by atoms with Gasteiger partial charge in [0.05, 0.1) is 11.1 Å². The van der Waals surface area contributed by atoms with Crippen LogP contribution in [0.15, 0.2) is 30.6 Å². The van der Waals surface area contributed by atoms with Gasteiger partial charge in [-0.15, -0.1) is 0 Å². The van der Waals surface area contributed by atoms with Crippen LogP contribution >= 0.6 is 0 Å². The van der Waals surface area contributed by atoms with E-state index in [0.29, 0.717) is 12.2 Å². The van der Waals surface area contributed by atoms with Gasteiger partial charge >= 0.3 is 5.69 Å². The van der Waals surface area contributed by atoms with Crippen molar-refractivity contribution in [3.8, 4) is 0 Å². The number of anilines is 1. The van der Waals surface area contributed by atoms with Crippen molar-refractivity contribution in [3.63, 3.8) is 0 Å². The SMILES string of the molecule is Cn1cc(CNc2ccc(F)c([N+](=O)[O-])c2)cn1. The highest BCUT2D eigenvalue weighted by Gasteiger charge is 2.14. The number of rotatable bonds is 4. The average Bonchev–Trinajstić information content (AvgIpc) is 2.74. The molecule has 7 heteroatoms. The first-order valence-electron chi connectivity index (χ1n) is 5.21. The highest BCUT2D eigenvalue weighted by Crippen LogP contribution is 2.21. The summed E-state index contributed by atoms with van der Waals surface area (Å²) in [6.07, 6.45) is 3.51. The van der Waals surface area contributed by atoms with Crippen molar-refractivity contribution in [1.82, 2.24) is 9.78 Å². The van der Waals surface area contributed by atoms with Crippen molar-refractivity contribution >= 4 is 11.4 Å². The van der Waals surface area contributed by atoms with Gasteiger partial charge < -0.3 is 5.32 Å². The van der Waals surface area contributed by atoms with E-state index in [4.69, 9.17) is 0 Å². The summed E-state index contributed by atoms with van der Waals surface area (Å²) in [5.74, 6) is -0.841. The van der Waals surface area contributed by atoms with Gasteiger partial charge in [0.2, 0.25) is 5.82 Å². The van der Waals surface area contributed by atoms with Crippen molar-refractivity contribution in [2.45, 2.75) is 6.54 Å². The number of benzene rings is 1. The summed E-state index contributed by atoms with van der Waals surface area (Å²) in [7, 11) is 1.80. The molecule has 0 fully saturated rings. The number of nitrogens with zero attached hydrogens (tertiary/aromatic N) is 3. The van der Waals surface area contributed by atoms with E-state index in [-0.39, 0.29) is 0 Å². The fraction of sp³-hybridized carbons (Fsp3) is 0.182. The first-order valence-corrected chi connectivity index (χ1v) is 5.21. The molecule has 0 spiro atoms. The summed E-state index contributed by atoms with van der Waals surface area (Å²) in [4.78, 5) is 9.83. The Kier molecular flexibility index (Phi) is 3.22. The quantitative estimate of drug-likeness (QED) is 0.666. The second-order valence-corrected chi connectivity index (χ2v) is 3.80. The third kappa shape index (κ3) is 2.62. The van der Waals surface area contributed by atoms with Crippen LogP contribution in [0.3, 0.4) is 0 Å². The van der Waals surface area contributed by atoms with Gasteiger partial charge in [-0.3, -0.25) is 14.8 Å². The number of aryl methyl sites for hydroxylation is 1. The standard InChI is InChI=1S/C11H11FN4O2/c1-15-7-8(6-14-15)5-13-9-2-3-10(12)11(4-9)16(17)18/h2-4,6-7,13H,5H2,1H3. The van der Waals surface area contributed by atoms with Gasteiger partial charge in [-0.2, -0.15) is 9.49 Å². The zero-order valence-corrected chi connectivity index (χ0v) is 9.63. The van der Waals surface area contributed by atoms with E-state index in [1.807, 2.05) is 6.20 Å². The Hall–Kier alpha value is -2.44. The van der Waals surface area contributed by atoms with Gasteiger partial charge in [-0.25, -0.2) is 0 Å². The van der Waals surface area contributed by atoms with Crippen LogP contribution in [0.2, 0.25) is 0 Å². The highest BCUT2D eigenvalue weighted by atomic mass is 19.1. The minimum atomic E-state index is -0.841. The number of halogens is 1. The van der Waals surface area contributed by atoms with E-state index in [1.54, 1.807) is 17.9 Å². The lowest BCUT2D eigenvalue weighted by molar-refractivity contribution is -0.387. The van der Waals surface area contributed by atoms with E-state index < -0.39 is 16.4 Å². The minimum Gasteiger partial charge on any atom is -0.381 e. The third-order valence-corrected chi connectivity index (χ3v) is 2.40. The van der Waals surface area contributed by atoms with E-state index in [0.717, 1.165) is 11.6 Å². The predicted molar refractivity (Wildman–Crippen MR) is 63.6 cm³/mol. The number of nitro groups is 1. The maximum atomic E-state index is 13.1. The fourth-order valence-electron chi connectivity index (χ4n) is 1.53. The molecule has 94 valence electrons. The Labute approximate surface area is 102 Å². The summed E-state index contributed by atoms with van der Waals surface area (Å²) in [6.45, 7) is 0.469. The molecule has 1 aromatic carbocycles. The molecule has 0 radical (unpaired) electrons. The van der Waals surface area contributed by atoms with Gasteiger partial charge in [0.25, 0.3) is 0 Å². The molecule has 1 N–H and O–H groups in total. The van der Waals surface area contributed by atoms with Crippen LogP contribution in [-0.4, -0.2) is 14.7 Å². The lowest BCUT2D eigenvalue weighted by Crippen LogP contribution is -2.00. The van der Waals surface area contributed by atoms with E-state index >= 15 is 0 Å². The van der Waals surface area contributed by atoms with Crippen molar-refractivity contribution in [3.05, 3.63) is 52.1 Å². The number of nitrogens with one attached hydrogen (secondary N) is 1. The van der Waals surface area contributed by atoms with Crippen molar-refractivity contribution in [1.29, 1.82) is 0 Å². The molecule has 18 heavy (non-hydrogen) atoms. The molecule has 0 saturated heterocycles. The van der Waals surface area contributed by atoms with Crippen LogP contribution < -0.4 is 5.32 Å². The van der Waals surface area contributed by atoms with Gasteiger partial charge in [0, 0.05) is 37.1 Å². The monoisotopic (exact) mass is 250 g/mol. The van der Waals surface area contributed by atoms with Crippen LogP contribution in [0, 0.1) is 15.9 Å². The molecular weight excluding hydrogens is 239 g/mol. The first-order chi connectivity index (χ1) is 8.56. The summed E-state index contributed by atoms with van der Waals surface area (Å²) >= 11 is 0. The number of hydrogen-bond acceptors (Lipinski definition) is 4. The topological polar surface area (TPSA) is 73.0 Å². The van der Waals surface area contributed by atoms with E-state index in [9.17, 15) is 14.5 Å². The number of hydrogen-bond donors (Lipinski definition) is 1. The van der Waals surface area contributed by atoms with Gasteiger partial charge in [0.15, 0.2) is 0 Å². The molecule has 2 aromatic rings. The molecular formula is C11H11FN4O2. The zero-order chi connectivity index (χ0) is 13.1. The molecule has 0 unspecified atom stereocenters. The molecule has 2 rings (SSSR count). The molecule has 0 saturated carbocycles. The van der Waals surface area contributed by atoms with Crippen molar-refractivity contribution < 1.29 is 9.31 Å². The second-order valence-electron chi connectivity index (χ2n) is 3.80. The minimum absolute atomic E-state index is 0.469. The lowest BCUT2D eigenvalue weighted by Gasteiger charge is -2.04. The Morgan fingerprint density at radius 1 is 1.56 bits per heavy atom. The number of aromatic nitrogens is 2. The van der Waals surface area contributed by atoms with E-state index in [2.05, 4.69) is 10.4 Å². The molecule has 0 aliphatic heterocycles. The molecule has 6 nitrogen and oxygen atoms in total. The Morgan fingerprint density at radius 3 is 2.94 bits per heavy atom. The summed E-state index contributed by atoms with van der Waals surface area (Å²) in [6, 6.07) is 3.70. The first kappa shape index (κ1) is 12.0. The smallest absolute Gasteiger partial charge is 0.306 e. The lowest BCUT2D eigenvalue weighted by atomic mass is 10.2. The molecule has 0 bridgehead atoms.